The summed E-state index contributed by atoms with van der Waals surface area (Å²) in [5, 5.41) is 3.49. The molecule has 2 fully saturated rings. The maximum absolute atomic E-state index is 12.9. The number of hydrogen-bond acceptors (Lipinski definition) is 2. The molecule has 2 unspecified atom stereocenters. The zero-order chi connectivity index (χ0) is 13.1. The molecular weight excluding hydrogens is 239 g/mol. The van der Waals surface area contributed by atoms with Crippen LogP contribution in [0.4, 0.5) is 4.39 Å². The van der Waals surface area contributed by atoms with Gasteiger partial charge in [0.05, 0.1) is 0 Å². The van der Waals surface area contributed by atoms with Gasteiger partial charge in [-0.3, -0.25) is 0 Å². The Hall–Kier alpha value is -0.930. The molecule has 2 nitrogen and oxygen atoms in total. The van der Waals surface area contributed by atoms with Gasteiger partial charge >= 0.3 is 0 Å². The van der Waals surface area contributed by atoms with Crippen molar-refractivity contribution in [3.8, 4) is 0 Å². The molecule has 2 heterocycles. The van der Waals surface area contributed by atoms with E-state index in [1.54, 1.807) is 12.1 Å². The Morgan fingerprint density at radius 3 is 2.79 bits per heavy atom. The highest BCUT2D eigenvalue weighted by Crippen LogP contribution is 2.28. The fraction of sp³-hybridized carbons (Fsp3) is 0.625. The van der Waals surface area contributed by atoms with Crippen LogP contribution in [0.2, 0.25) is 0 Å². The summed E-state index contributed by atoms with van der Waals surface area (Å²) >= 11 is 0. The molecular formula is C16H23FN2. The largest absolute Gasteiger partial charge is 0.316 e. The Morgan fingerprint density at radius 2 is 2.05 bits per heavy atom. The minimum absolute atomic E-state index is 0.133. The summed E-state index contributed by atoms with van der Waals surface area (Å²) in [6, 6.07) is 7.07. The molecule has 1 N–H and O–H groups in total. The summed E-state index contributed by atoms with van der Waals surface area (Å²) in [4.78, 5) is 2.59. The molecule has 0 aliphatic carbocycles. The summed E-state index contributed by atoms with van der Waals surface area (Å²) in [6.45, 7) is 5.93. The maximum Gasteiger partial charge on any atom is 0.123 e. The second kappa shape index (κ2) is 6.02. The molecule has 3 heteroatoms. The van der Waals surface area contributed by atoms with E-state index in [1.165, 1.54) is 51.0 Å². The van der Waals surface area contributed by atoms with Crippen LogP contribution in [0.3, 0.4) is 0 Å². The smallest absolute Gasteiger partial charge is 0.123 e. The highest BCUT2D eigenvalue weighted by molar-refractivity contribution is 5.21. The van der Waals surface area contributed by atoms with E-state index in [2.05, 4.69) is 10.2 Å². The topological polar surface area (TPSA) is 15.3 Å². The Kier molecular flexibility index (Phi) is 4.14. The van der Waals surface area contributed by atoms with Gasteiger partial charge in [-0.05, 0) is 68.4 Å². The van der Waals surface area contributed by atoms with E-state index in [-0.39, 0.29) is 5.82 Å². The quantitative estimate of drug-likeness (QED) is 0.901. The van der Waals surface area contributed by atoms with E-state index >= 15 is 0 Å². The first-order valence-electron chi connectivity index (χ1n) is 7.50. The molecule has 19 heavy (non-hydrogen) atoms. The number of hydrogen-bond donors (Lipinski definition) is 1. The van der Waals surface area contributed by atoms with E-state index < -0.39 is 0 Å². The third-order valence-electron chi connectivity index (χ3n) is 4.53. The van der Waals surface area contributed by atoms with Crippen molar-refractivity contribution < 1.29 is 4.39 Å². The number of piperidine rings is 1. The second-order valence-corrected chi connectivity index (χ2v) is 6.01. The van der Waals surface area contributed by atoms with Gasteiger partial charge in [0.25, 0.3) is 0 Å². The summed E-state index contributed by atoms with van der Waals surface area (Å²) in [6.07, 6.45) is 3.90. The van der Waals surface area contributed by atoms with Crippen LogP contribution >= 0.6 is 0 Å². The van der Waals surface area contributed by atoms with Crippen LogP contribution in [0.15, 0.2) is 24.3 Å². The number of nitrogens with zero attached hydrogens (tertiary/aromatic N) is 1. The van der Waals surface area contributed by atoms with Crippen molar-refractivity contribution in [2.24, 2.45) is 5.92 Å². The average Bonchev–Trinajstić information content (AvgIpc) is 2.89. The van der Waals surface area contributed by atoms with Gasteiger partial charge in [-0.1, -0.05) is 12.1 Å². The normalized spacial score (nSPS) is 28.7. The van der Waals surface area contributed by atoms with Crippen LogP contribution in [0, 0.1) is 11.7 Å². The van der Waals surface area contributed by atoms with Crippen LogP contribution in [0.25, 0.3) is 0 Å². The molecule has 0 saturated carbocycles. The van der Waals surface area contributed by atoms with Crippen LogP contribution in [-0.2, 0) is 0 Å². The molecule has 0 amide bonds. The standard InChI is InChI=1S/C16H23FN2/c17-16-5-3-14(4-6-16)15-7-9-19(12-15)11-13-2-1-8-18-10-13/h3-6,13,15,18H,1-2,7-12H2. The van der Waals surface area contributed by atoms with Gasteiger partial charge in [0.1, 0.15) is 5.82 Å². The lowest BCUT2D eigenvalue weighted by atomic mass is 9.98. The van der Waals surface area contributed by atoms with E-state index in [0.717, 1.165) is 12.5 Å². The van der Waals surface area contributed by atoms with Crippen molar-refractivity contribution >= 4 is 0 Å². The van der Waals surface area contributed by atoms with Gasteiger partial charge in [0, 0.05) is 13.1 Å². The summed E-state index contributed by atoms with van der Waals surface area (Å²) < 4.78 is 12.9. The number of benzene rings is 1. The molecule has 2 saturated heterocycles. The molecule has 2 atom stereocenters. The lowest BCUT2D eigenvalue weighted by Crippen LogP contribution is -2.37. The van der Waals surface area contributed by atoms with E-state index in [1.807, 2.05) is 12.1 Å². The van der Waals surface area contributed by atoms with Crippen LogP contribution in [-0.4, -0.2) is 37.6 Å². The van der Waals surface area contributed by atoms with Gasteiger partial charge in [-0.15, -0.1) is 0 Å². The van der Waals surface area contributed by atoms with E-state index in [4.69, 9.17) is 0 Å². The van der Waals surface area contributed by atoms with Gasteiger partial charge in [-0.25, -0.2) is 4.39 Å². The fourth-order valence-electron chi connectivity index (χ4n) is 3.45. The van der Waals surface area contributed by atoms with E-state index in [9.17, 15) is 4.39 Å². The predicted octanol–water partition coefficient (Wildman–Crippen LogP) is 2.61. The fourth-order valence-corrected chi connectivity index (χ4v) is 3.45. The first-order chi connectivity index (χ1) is 9.31. The average molecular weight is 262 g/mol. The monoisotopic (exact) mass is 262 g/mol. The Bertz CT molecular complexity index is 398. The zero-order valence-corrected chi connectivity index (χ0v) is 11.4. The number of nitrogens with one attached hydrogen (secondary N) is 1. The van der Waals surface area contributed by atoms with Crippen molar-refractivity contribution in [2.75, 3.05) is 32.7 Å². The lowest BCUT2D eigenvalue weighted by molar-refractivity contribution is 0.242. The second-order valence-electron chi connectivity index (χ2n) is 6.01. The molecule has 1 aromatic rings. The van der Waals surface area contributed by atoms with Crippen molar-refractivity contribution in [3.05, 3.63) is 35.6 Å². The summed E-state index contributed by atoms with van der Waals surface area (Å²) in [7, 11) is 0. The number of halogens is 1. The maximum atomic E-state index is 12.9. The number of likely N-dealkylation sites (tertiary alicyclic amines) is 1. The van der Waals surface area contributed by atoms with Crippen LogP contribution in [0.5, 0.6) is 0 Å². The third kappa shape index (κ3) is 3.34. The van der Waals surface area contributed by atoms with Gasteiger partial charge < -0.3 is 10.2 Å². The first kappa shape index (κ1) is 13.1. The van der Waals surface area contributed by atoms with Gasteiger partial charge in [0.2, 0.25) is 0 Å². The Morgan fingerprint density at radius 1 is 1.21 bits per heavy atom. The zero-order valence-electron chi connectivity index (χ0n) is 11.4. The summed E-state index contributed by atoms with van der Waals surface area (Å²) in [5.41, 5.74) is 1.30. The molecule has 104 valence electrons. The highest BCUT2D eigenvalue weighted by atomic mass is 19.1. The minimum atomic E-state index is -0.133. The van der Waals surface area contributed by atoms with Crippen LogP contribution in [0.1, 0.15) is 30.7 Å². The van der Waals surface area contributed by atoms with Crippen LogP contribution < -0.4 is 5.32 Å². The van der Waals surface area contributed by atoms with Crippen molar-refractivity contribution in [1.29, 1.82) is 0 Å². The third-order valence-corrected chi connectivity index (χ3v) is 4.53. The molecule has 2 aliphatic heterocycles. The molecule has 0 radical (unpaired) electrons. The minimum Gasteiger partial charge on any atom is -0.316 e. The van der Waals surface area contributed by atoms with Crippen molar-refractivity contribution in [2.45, 2.75) is 25.2 Å². The molecule has 3 rings (SSSR count). The molecule has 0 bridgehead atoms. The number of rotatable bonds is 3. The predicted molar refractivity (Wildman–Crippen MR) is 75.8 cm³/mol. The molecule has 0 spiro atoms. The van der Waals surface area contributed by atoms with Crippen molar-refractivity contribution in [1.82, 2.24) is 10.2 Å². The Balaban J connectivity index is 1.53. The van der Waals surface area contributed by atoms with Gasteiger partial charge in [0.15, 0.2) is 0 Å². The molecule has 1 aromatic carbocycles. The lowest BCUT2D eigenvalue weighted by Gasteiger charge is -2.27. The van der Waals surface area contributed by atoms with Gasteiger partial charge in [-0.2, -0.15) is 0 Å². The molecule has 2 aliphatic rings. The first-order valence-corrected chi connectivity index (χ1v) is 7.50. The summed E-state index contributed by atoms with van der Waals surface area (Å²) in [5.74, 6) is 1.28. The van der Waals surface area contributed by atoms with E-state index in [0.29, 0.717) is 5.92 Å². The molecule has 0 aromatic heterocycles. The highest BCUT2D eigenvalue weighted by Gasteiger charge is 2.26. The SMILES string of the molecule is Fc1ccc(C2CCN(CC3CCCNC3)C2)cc1. The Labute approximate surface area is 115 Å². The van der Waals surface area contributed by atoms with Crippen molar-refractivity contribution in [3.63, 3.8) is 0 Å².